The van der Waals surface area contributed by atoms with Gasteiger partial charge in [0.2, 0.25) is 5.95 Å². The highest BCUT2D eigenvalue weighted by Gasteiger charge is 2.02. The maximum Gasteiger partial charge on any atom is 0.220 e. The molecule has 0 aliphatic heterocycles. The molecule has 0 fully saturated rings. The van der Waals surface area contributed by atoms with E-state index in [9.17, 15) is 0 Å². The first-order valence-corrected chi connectivity index (χ1v) is 3.79. The van der Waals surface area contributed by atoms with Gasteiger partial charge in [-0.1, -0.05) is 13.8 Å². The van der Waals surface area contributed by atoms with Crippen LogP contribution in [0.5, 0.6) is 0 Å². The summed E-state index contributed by atoms with van der Waals surface area (Å²) in [5.74, 6) is 1.43. The minimum atomic E-state index is 0.601. The lowest BCUT2D eigenvalue weighted by Crippen LogP contribution is -2.09. The molecule has 0 aromatic carbocycles. The van der Waals surface area contributed by atoms with Crippen molar-refractivity contribution in [3.8, 4) is 0 Å². The lowest BCUT2D eigenvalue weighted by atomic mass is 10.2. The molecule has 0 spiro atoms. The smallest absolute Gasteiger partial charge is 0.220 e. The van der Waals surface area contributed by atoms with Gasteiger partial charge in [0.05, 0.1) is 0 Å². The predicted molar refractivity (Wildman–Crippen MR) is 44.4 cm³/mol. The lowest BCUT2D eigenvalue weighted by Gasteiger charge is -2.06. The molecule has 0 aliphatic rings. The molecule has 0 saturated carbocycles. The first-order chi connectivity index (χ1) is 5.24. The van der Waals surface area contributed by atoms with E-state index in [4.69, 9.17) is 0 Å². The number of anilines is 1. The first kappa shape index (κ1) is 8.04. The Hall–Kier alpha value is -1.06. The normalized spacial score (nSPS) is 10.5. The number of hydrogen-bond acceptors (Lipinski definition) is 3. The van der Waals surface area contributed by atoms with Gasteiger partial charge < -0.3 is 5.32 Å². The minimum absolute atomic E-state index is 0.601. The topological polar surface area (TPSA) is 42.7 Å². The summed E-state index contributed by atoms with van der Waals surface area (Å²) in [7, 11) is 1.85. The third kappa shape index (κ3) is 1.93. The molecule has 0 unspecified atom stereocenters. The van der Waals surface area contributed by atoms with Gasteiger partial charge in [-0.3, -0.25) is 0 Å². The maximum absolute atomic E-state index is 4.07. The van der Waals surface area contributed by atoms with Crippen molar-refractivity contribution in [3.05, 3.63) is 6.33 Å². The Bertz CT molecular complexity index is 216. The molecule has 4 heteroatoms. The van der Waals surface area contributed by atoms with Crippen molar-refractivity contribution >= 4 is 5.95 Å². The van der Waals surface area contributed by atoms with E-state index in [0.29, 0.717) is 5.92 Å². The second-order valence-electron chi connectivity index (χ2n) is 2.91. The monoisotopic (exact) mass is 154 g/mol. The molecular formula is C7H14N4. The molecular weight excluding hydrogens is 140 g/mol. The van der Waals surface area contributed by atoms with Crippen molar-refractivity contribution in [3.63, 3.8) is 0 Å². The van der Waals surface area contributed by atoms with Crippen LogP contribution in [-0.4, -0.2) is 21.8 Å². The van der Waals surface area contributed by atoms with Gasteiger partial charge in [0.15, 0.2) is 0 Å². The summed E-state index contributed by atoms with van der Waals surface area (Å²) in [6, 6.07) is 0. The van der Waals surface area contributed by atoms with Gasteiger partial charge in [-0.15, -0.1) is 0 Å². The molecule has 0 amide bonds. The van der Waals surface area contributed by atoms with Crippen LogP contribution >= 0.6 is 0 Å². The van der Waals surface area contributed by atoms with Crippen LogP contribution in [0.1, 0.15) is 13.8 Å². The summed E-state index contributed by atoms with van der Waals surface area (Å²) in [6.45, 7) is 5.22. The van der Waals surface area contributed by atoms with E-state index in [2.05, 4.69) is 29.2 Å². The van der Waals surface area contributed by atoms with Crippen LogP contribution in [0.25, 0.3) is 0 Å². The highest BCUT2D eigenvalue weighted by molar-refractivity contribution is 5.20. The molecule has 62 valence electrons. The Morgan fingerprint density at radius 1 is 1.64 bits per heavy atom. The van der Waals surface area contributed by atoms with Gasteiger partial charge in [0.1, 0.15) is 6.33 Å². The molecule has 4 nitrogen and oxygen atoms in total. The van der Waals surface area contributed by atoms with E-state index in [-0.39, 0.29) is 0 Å². The Kier molecular flexibility index (Phi) is 2.46. The molecule has 1 rings (SSSR count). The van der Waals surface area contributed by atoms with Crippen molar-refractivity contribution in [1.29, 1.82) is 0 Å². The quantitative estimate of drug-likeness (QED) is 0.705. The third-order valence-corrected chi connectivity index (χ3v) is 1.38. The Labute approximate surface area is 66.6 Å². The predicted octanol–water partition coefficient (Wildman–Crippen LogP) is 0.976. The minimum Gasteiger partial charge on any atom is -0.358 e. The van der Waals surface area contributed by atoms with Crippen LogP contribution in [0.3, 0.4) is 0 Å². The summed E-state index contributed by atoms with van der Waals surface area (Å²) in [5.41, 5.74) is 0. The summed E-state index contributed by atoms with van der Waals surface area (Å²) in [6.07, 6.45) is 1.56. The van der Waals surface area contributed by atoms with Gasteiger partial charge in [-0.05, 0) is 5.92 Å². The molecule has 1 aromatic heterocycles. The standard InChI is InChI=1S/C7H14N4/c1-6(2)4-11-7(8-3)9-5-10-11/h5-6H,4H2,1-3H3,(H,8,9,10). The average Bonchev–Trinajstić information content (AvgIpc) is 2.34. The zero-order valence-electron chi connectivity index (χ0n) is 7.20. The summed E-state index contributed by atoms with van der Waals surface area (Å²) in [5, 5.41) is 7.04. The Morgan fingerprint density at radius 2 is 2.36 bits per heavy atom. The van der Waals surface area contributed by atoms with Crippen molar-refractivity contribution in [1.82, 2.24) is 14.8 Å². The van der Waals surface area contributed by atoms with Crippen LogP contribution < -0.4 is 5.32 Å². The molecule has 0 aliphatic carbocycles. The maximum atomic E-state index is 4.07. The Balaban J connectivity index is 2.68. The highest BCUT2D eigenvalue weighted by Crippen LogP contribution is 2.03. The van der Waals surface area contributed by atoms with Crippen LogP contribution in [0.4, 0.5) is 5.95 Å². The fraction of sp³-hybridized carbons (Fsp3) is 0.714. The number of nitrogens with zero attached hydrogens (tertiary/aromatic N) is 3. The van der Waals surface area contributed by atoms with E-state index in [0.717, 1.165) is 12.5 Å². The fourth-order valence-electron chi connectivity index (χ4n) is 0.937. The van der Waals surface area contributed by atoms with Gasteiger partial charge in [-0.2, -0.15) is 10.1 Å². The number of hydrogen-bond donors (Lipinski definition) is 1. The number of rotatable bonds is 3. The lowest BCUT2D eigenvalue weighted by molar-refractivity contribution is 0.487. The van der Waals surface area contributed by atoms with Gasteiger partial charge >= 0.3 is 0 Å². The van der Waals surface area contributed by atoms with Crippen molar-refractivity contribution < 1.29 is 0 Å². The number of aromatic nitrogens is 3. The second kappa shape index (κ2) is 3.37. The fourth-order valence-corrected chi connectivity index (χ4v) is 0.937. The molecule has 1 heterocycles. The molecule has 11 heavy (non-hydrogen) atoms. The zero-order valence-corrected chi connectivity index (χ0v) is 7.20. The van der Waals surface area contributed by atoms with E-state index in [1.54, 1.807) is 6.33 Å². The molecule has 0 saturated heterocycles. The van der Waals surface area contributed by atoms with Gasteiger partial charge in [0, 0.05) is 13.6 Å². The zero-order chi connectivity index (χ0) is 8.27. The van der Waals surface area contributed by atoms with Crippen LogP contribution in [0, 0.1) is 5.92 Å². The molecule has 1 N–H and O–H groups in total. The molecule has 1 aromatic rings. The van der Waals surface area contributed by atoms with E-state index >= 15 is 0 Å². The van der Waals surface area contributed by atoms with Crippen LogP contribution in [-0.2, 0) is 6.54 Å². The summed E-state index contributed by atoms with van der Waals surface area (Å²) >= 11 is 0. The third-order valence-electron chi connectivity index (χ3n) is 1.38. The van der Waals surface area contributed by atoms with Crippen molar-refractivity contribution in [2.45, 2.75) is 20.4 Å². The van der Waals surface area contributed by atoms with E-state index in [1.807, 2.05) is 11.7 Å². The molecule has 0 bridgehead atoms. The van der Waals surface area contributed by atoms with Crippen LogP contribution in [0.2, 0.25) is 0 Å². The van der Waals surface area contributed by atoms with E-state index < -0.39 is 0 Å². The molecule has 0 radical (unpaired) electrons. The average molecular weight is 154 g/mol. The SMILES string of the molecule is CNc1ncnn1CC(C)C. The van der Waals surface area contributed by atoms with Crippen molar-refractivity contribution in [2.24, 2.45) is 5.92 Å². The van der Waals surface area contributed by atoms with Gasteiger partial charge in [-0.25, -0.2) is 4.68 Å². The van der Waals surface area contributed by atoms with Gasteiger partial charge in [0.25, 0.3) is 0 Å². The summed E-state index contributed by atoms with van der Waals surface area (Å²) in [4.78, 5) is 4.03. The van der Waals surface area contributed by atoms with E-state index in [1.165, 1.54) is 0 Å². The summed E-state index contributed by atoms with van der Waals surface area (Å²) < 4.78 is 1.87. The Morgan fingerprint density at radius 3 is 2.91 bits per heavy atom. The number of nitrogens with one attached hydrogen (secondary N) is 1. The highest BCUT2D eigenvalue weighted by atomic mass is 15.4. The van der Waals surface area contributed by atoms with Crippen molar-refractivity contribution in [2.75, 3.05) is 12.4 Å². The van der Waals surface area contributed by atoms with Crippen LogP contribution in [0.15, 0.2) is 6.33 Å². The second-order valence-corrected chi connectivity index (χ2v) is 2.91. The first-order valence-electron chi connectivity index (χ1n) is 3.79. The molecule has 0 atom stereocenters. The largest absolute Gasteiger partial charge is 0.358 e.